The minimum atomic E-state index is -3.83. The first-order chi connectivity index (χ1) is 13.6. The van der Waals surface area contributed by atoms with Crippen molar-refractivity contribution in [1.29, 1.82) is 0 Å². The lowest BCUT2D eigenvalue weighted by molar-refractivity contribution is 0.0940. The molecule has 9 heteroatoms. The number of hydrogen-bond acceptors (Lipinski definition) is 5. The van der Waals surface area contributed by atoms with Crippen LogP contribution in [0.25, 0.3) is 0 Å². The fourth-order valence-corrected chi connectivity index (χ4v) is 3.67. The van der Waals surface area contributed by atoms with Crippen LogP contribution in [-0.2, 0) is 10.0 Å². The highest BCUT2D eigenvalue weighted by molar-refractivity contribution is 7.89. The molecule has 0 unspecified atom stereocenters. The van der Waals surface area contributed by atoms with Gasteiger partial charge in [-0.3, -0.25) is 4.79 Å². The van der Waals surface area contributed by atoms with Gasteiger partial charge in [-0.1, -0.05) is 17.7 Å². The molecule has 0 aliphatic carbocycles. The van der Waals surface area contributed by atoms with Gasteiger partial charge in [-0.05, 0) is 56.7 Å². The largest absolute Gasteiger partial charge is 0.496 e. The monoisotopic (exact) mass is 440 g/mol. The second-order valence-corrected chi connectivity index (χ2v) is 8.82. The molecule has 2 N–H and O–H groups in total. The summed E-state index contributed by atoms with van der Waals surface area (Å²) in [6, 6.07) is 9.29. The van der Waals surface area contributed by atoms with Crippen LogP contribution in [0.5, 0.6) is 11.5 Å². The lowest BCUT2D eigenvalue weighted by Gasteiger charge is -2.14. The summed E-state index contributed by atoms with van der Waals surface area (Å²) >= 11 is 6.04. The molecule has 0 aliphatic rings. The normalized spacial score (nSPS) is 11.4. The van der Waals surface area contributed by atoms with E-state index < -0.39 is 15.9 Å². The first kappa shape index (κ1) is 23.0. The van der Waals surface area contributed by atoms with Crippen LogP contribution in [0.4, 0.5) is 0 Å². The van der Waals surface area contributed by atoms with Gasteiger partial charge in [0.15, 0.2) is 0 Å². The summed E-state index contributed by atoms with van der Waals surface area (Å²) < 4.78 is 38.3. The van der Waals surface area contributed by atoms with E-state index in [4.69, 9.17) is 21.1 Å². The predicted octanol–water partition coefficient (Wildman–Crippen LogP) is 3.15. The summed E-state index contributed by atoms with van der Waals surface area (Å²) in [7, 11) is -2.41. The number of amides is 1. The predicted molar refractivity (Wildman–Crippen MR) is 112 cm³/mol. The molecule has 2 rings (SSSR count). The lowest BCUT2D eigenvalue weighted by Crippen LogP contribution is -2.31. The standard InChI is InChI=1S/C20H25ClN2O5S/c1-13(2)23-20(24)17-12-16(7-8-19(17)27-4)29(25,26)22-9-10-28-15-6-5-14(3)18(21)11-15/h5-8,11-13,22H,9-10H2,1-4H3,(H,23,24). The third-order valence-corrected chi connectivity index (χ3v) is 5.82. The highest BCUT2D eigenvalue weighted by Gasteiger charge is 2.20. The van der Waals surface area contributed by atoms with Crippen molar-refractivity contribution in [2.24, 2.45) is 0 Å². The summed E-state index contributed by atoms with van der Waals surface area (Å²) in [5.74, 6) is 0.437. The molecule has 0 aromatic heterocycles. The molecule has 0 saturated carbocycles. The van der Waals surface area contributed by atoms with Crippen molar-refractivity contribution in [1.82, 2.24) is 10.0 Å². The molecule has 0 atom stereocenters. The van der Waals surface area contributed by atoms with Gasteiger partial charge in [-0.25, -0.2) is 13.1 Å². The van der Waals surface area contributed by atoms with E-state index in [1.807, 2.05) is 26.8 Å². The van der Waals surface area contributed by atoms with Crippen LogP contribution >= 0.6 is 11.6 Å². The van der Waals surface area contributed by atoms with E-state index in [9.17, 15) is 13.2 Å². The number of nitrogens with one attached hydrogen (secondary N) is 2. The van der Waals surface area contributed by atoms with E-state index in [1.54, 1.807) is 12.1 Å². The third kappa shape index (κ3) is 6.35. The summed E-state index contributed by atoms with van der Waals surface area (Å²) in [5.41, 5.74) is 1.08. The maximum Gasteiger partial charge on any atom is 0.255 e. The highest BCUT2D eigenvalue weighted by Crippen LogP contribution is 2.23. The Balaban J connectivity index is 2.06. The molecule has 0 heterocycles. The molecule has 29 heavy (non-hydrogen) atoms. The second-order valence-electron chi connectivity index (χ2n) is 6.65. The minimum Gasteiger partial charge on any atom is -0.496 e. The highest BCUT2D eigenvalue weighted by atomic mass is 35.5. The van der Waals surface area contributed by atoms with E-state index in [1.165, 1.54) is 25.3 Å². The molecule has 1 amide bonds. The Morgan fingerprint density at radius 3 is 2.52 bits per heavy atom. The molecule has 0 spiro atoms. The zero-order chi connectivity index (χ0) is 21.6. The maximum absolute atomic E-state index is 12.6. The molecular formula is C20H25ClN2O5S. The zero-order valence-corrected chi connectivity index (χ0v) is 18.4. The number of methoxy groups -OCH3 is 1. The van der Waals surface area contributed by atoms with Gasteiger partial charge >= 0.3 is 0 Å². The Morgan fingerprint density at radius 1 is 1.17 bits per heavy atom. The van der Waals surface area contributed by atoms with E-state index >= 15 is 0 Å². The van der Waals surface area contributed by atoms with Gasteiger partial charge in [-0.15, -0.1) is 0 Å². The Morgan fingerprint density at radius 2 is 1.90 bits per heavy atom. The minimum absolute atomic E-state index is 0.0365. The number of rotatable bonds is 9. The van der Waals surface area contributed by atoms with Gasteiger partial charge in [-0.2, -0.15) is 0 Å². The molecule has 0 radical (unpaired) electrons. The van der Waals surface area contributed by atoms with Gasteiger partial charge < -0.3 is 14.8 Å². The van der Waals surface area contributed by atoms with Crippen molar-refractivity contribution in [2.75, 3.05) is 20.3 Å². The van der Waals surface area contributed by atoms with Gasteiger partial charge in [0.2, 0.25) is 10.0 Å². The lowest BCUT2D eigenvalue weighted by atomic mass is 10.2. The zero-order valence-electron chi connectivity index (χ0n) is 16.8. The average Bonchev–Trinajstić information content (AvgIpc) is 2.66. The van der Waals surface area contributed by atoms with Crippen molar-refractivity contribution >= 4 is 27.5 Å². The number of halogens is 1. The van der Waals surface area contributed by atoms with Crippen LogP contribution in [-0.4, -0.2) is 40.6 Å². The average molecular weight is 441 g/mol. The van der Waals surface area contributed by atoms with Crippen molar-refractivity contribution in [3.8, 4) is 11.5 Å². The molecule has 7 nitrogen and oxygen atoms in total. The summed E-state index contributed by atoms with van der Waals surface area (Å²) in [4.78, 5) is 12.3. The number of sulfonamides is 1. The maximum atomic E-state index is 12.6. The Hall–Kier alpha value is -2.29. The summed E-state index contributed by atoms with van der Waals surface area (Å²) in [6.07, 6.45) is 0. The quantitative estimate of drug-likeness (QED) is 0.584. The van der Waals surface area contributed by atoms with Gasteiger partial charge in [0.05, 0.1) is 17.6 Å². The Labute approximate surface area is 176 Å². The summed E-state index contributed by atoms with van der Waals surface area (Å²) in [5, 5.41) is 3.30. The van der Waals surface area contributed by atoms with Gasteiger partial charge in [0.25, 0.3) is 5.91 Å². The number of aryl methyl sites for hydroxylation is 1. The van der Waals surface area contributed by atoms with Crippen molar-refractivity contribution in [3.05, 3.63) is 52.5 Å². The van der Waals surface area contributed by atoms with Crippen LogP contribution in [0, 0.1) is 6.92 Å². The Bertz CT molecular complexity index is 977. The number of benzene rings is 2. The molecular weight excluding hydrogens is 416 g/mol. The molecule has 0 bridgehead atoms. The topological polar surface area (TPSA) is 93.7 Å². The Kier molecular flexibility index (Phi) is 7.89. The fraction of sp³-hybridized carbons (Fsp3) is 0.350. The first-order valence-corrected chi connectivity index (χ1v) is 10.9. The van der Waals surface area contributed by atoms with Crippen molar-refractivity contribution in [3.63, 3.8) is 0 Å². The molecule has 158 valence electrons. The number of carbonyl (C=O) groups excluding carboxylic acids is 1. The number of carbonyl (C=O) groups is 1. The SMILES string of the molecule is COc1ccc(S(=O)(=O)NCCOc2ccc(C)c(Cl)c2)cc1C(=O)NC(C)C. The number of hydrogen-bond donors (Lipinski definition) is 2. The van der Waals surface area contributed by atoms with Crippen LogP contribution in [0.3, 0.4) is 0 Å². The smallest absolute Gasteiger partial charge is 0.255 e. The van der Waals surface area contributed by atoms with Crippen LogP contribution < -0.4 is 19.5 Å². The van der Waals surface area contributed by atoms with E-state index in [2.05, 4.69) is 10.0 Å². The summed E-state index contributed by atoms with van der Waals surface area (Å²) in [6.45, 7) is 5.68. The van der Waals surface area contributed by atoms with Crippen molar-refractivity contribution in [2.45, 2.75) is 31.7 Å². The first-order valence-electron chi connectivity index (χ1n) is 9.01. The van der Waals surface area contributed by atoms with E-state index in [0.717, 1.165) is 5.56 Å². The van der Waals surface area contributed by atoms with Crippen molar-refractivity contribution < 1.29 is 22.7 Å². The molecule has 0 saturated heterocycles. The van der Waals surface area contributed by atoms with Crippen LogP contribution in [0.2, 0.25) is 5.02 Å². The molecule has 2 aromatic rings. The number of ether oxygens (including phenoxy) is 2. The molecule has 2 aromatic carbocycles. The molecule has 0 fully saturated rings. The van der Waals surface area contributed by atoms with Crippen LogP contribution in [0.15, 0.2) is 41.3 Å². The molecule has 0 aliphatic heterocycles. The third-order valence-electron chi connectivity index (χ3n) is 3.95. The van der Waals surface area contributed by atoms with Gasteiger partial charge in [0.1, 0.15) is 18.1 Å². The van der Waals surface area contributed by atoms with Crippen LogP contribution in [0.1, 0.15) is 29.8 Å². The van der Waals surface area contributed by atoms with E-state index in [0.29, 0.717) is 16.5 Å². The van der Waals surface area contributed by atoms with Gasteiger partial charge in [0, 0.05) is 17.6 Å². The fourth-order valence-electron chi connectivity index (χ4n) is 2.46. The second kappa shape index (κ2) is 9.96. The van der Waals surface area contributed by atoms with E-state index in [-0.39, 0.29) is 29.7 Å².